The van der Waals surface area contributed by atoms with Crippen LogP contribution < -0.4 is 10.6 Å². The lowest BCUT2D eigenvalue weighted by molar-refractivity contribution is -0.146. The molecule has 6 atom stereocenters. The Hall–Kier alpha value is -3.58. The highest BCUT2D eigenvalue weighted by Gasteiger charge is 2.69. The lowest BCUT2D eigenvalue weighted by Crippen LogP contribution is -2.60. The van der Waals surface area contributed by atoms with Gasteiger partial charge in [0.1, 0.15) is 17.8 Å². The van der Waals surface area contributed by atoms with E-state index in [2.05, 4.69) is 40.7 Å². The Morgan fingerprint density at radius 2 is 1.92 bits per heavy atom. The molecule has 2 aliphatic heterocycles. The predicted octanol–water partition coefficient (Wildman–Crippen LogP) is 2.36. The molecule has 0 bridgehead atoms. The average molecular weight is 533 g/mol. The summed E-state index contributed by atoms with van der Waals surface area (Å²) in [6, 6.07) is 6.99. The van der Waals surface area contributed by atoms with Crippen LogP contribution in [-0.4, -0.2) is 64.7 Å². The number of benzene rings is 1. The van der Waals surface area contributed by atoms with Crippen LogP contribution in [0.3, 0.4) is 0 Å². The van der Waals surface area contributed by atoms with E-state index in [4.69, 9.17) is 4.74 Å². The Kier molecular flexibility index (Phi) is 6.83. The Morgan fingerprint density at radius 1 is 1.18 bits per heavy atom. The molecule has 0 radical (unpaired) electrons. The van der Waals surface area contributed by atoms with Gasteiger partial charge in [-0.15, -0.1) is 0 Å². The Morgan fingerprint density at radius 3 is 2.59 bits per heavy atom. The van der Waals surface area contributed by atoms with Crippen molar-refractivity contribution in [2.24, 2.45) is 28.6 Å². The highest BCUT2D eigenvalue weighted by Crippen LogP contribution is 2.65. The molecule has 2 saturated heterocycles. The van der Waals surface area contributed by atoms with Crippen molar-refractivity contribution in [1.29, 1.82) is 5.26 Å². The predicted molar refractivity (Wildman–Crippen MR) is 143 cm³/mol. The van der Waals surface area contributed by atoms with Crippen molar-refractivity contribution >= 4 is 28.5 Å². The molecule has 0 spiro atoms. The van der Waals surface area contributed by atoms with Crippen LogP contribution in [0.25, 0.3) is 10.8 Å². The molecule has 2 unspecified atom stereocenters. The van der Waals surface area contributed by atoms with Gasteiger partial charge in [0, 0.05) is 23.9 Å². The molecule has 1 aliphatic carbocycles. The van der Waals surface area contributed by atoms with E-state index in [-0.39, 0.29) is 35.0 Å². The van der Waals surface area contributed by atoms with E-state index in [1.807, 2.05) is 45.0 Å². The number of carbonyl (C=O) groups is 3. The first kappa shape index (κ1) is 27.0. The fourth-order valence-electron chi connectivity index (χ4n) is 6.28. The van der Waals surface area contributed by atoms with E-state index in [0.29, 0.717) is 31.9 Å². The van der Waals surface area contributed by atoms with Crippen LogP contribution in [0.1, 0.15) is 52.8 Å². The van der Waals surface area contributed by atoms with Gasteiger partial charge < -0.3 is 20.3 Å². The number of carbonyl (C=O) groups excluding carboxylic acids is 3. The van der Waals surface area contributed by atoms with Gasteiger partial charge in [-0.2, -0.15) is 15.5 Å². The SMILES string of the molecule is CC(C)(C)[C@H](NC(=O)C1CCOC1)C(=O)N1C[C@H]2[C@@H]([C@H]1C(=O)NC(C#N)c1nncc3ccccc13)C2(C)C. The zero-order chi connectivity index (χ0) is 28.1. The standard InChI is InChI=1S/C29H36N6O4/c1-28(2,3)24(33-25(36)17-10-11-39-15-17)27(38)35-14-19-21(29(19,4)5)23(35)26(37)32-20(12-30)22-18-9-7-6-8-16(18)13-31-34-22/h6-9,13,17,19-21,23-24H,10-11,14-15H2,1-5H3,(H,32,37)(H,33,36)/t17?,19-,20?,21-,23-,24+/m0/s1. The third-order valence-corrected chi connectivity index (χ3v) is 8.75. The number of ether oxygens (including phenoxy) is 1. The summed E-state index contributed by atoms with van der Waals surface area (Å²) in [5.74, 6) is -1.05. The van der Waals surface area contributed by atoms with Crippen molar-refractivity contribution in [3.63, 3.8) is 0 Å². The van der Waals surface area contributed by atoms with E-state index in [9.17, 15) is 19.6 Å². The van der Waals surface area contributed by atoms with E-state index < -0.39 is 29.4 Å². The number of likely N-dealkylation sites (tertiary alicyclic amines) is 1. The van der Waals surface area contributed by atoms with Gasteiger partial charge in [-0.25, -0.2) is 0 Å². The molecular weight excluding hydrogens is 496 g/mol. The topological polar surface area (TPSA) is 137 Å². The maximum atomic E-state index is 14.0. The van der Waals surface area contributed by atoms with Crippen LogP contribution >= 0.6 is 0 Å². The largest absolute Gasteiger partial charge is 0.381 e. The highest BCUT2D eigenvalue weighted by molar-refractivity contribution is 5.95. The molecule has 206 valence electrons. The minimum absolute atomic E-state index is 0.0426. The number of hydrogen-bond acceptors (Lipinski definition) is 7. The van der Waals surface area contributed by atoms with Crippen molar-refractivity contribution in [3.8, 4) is 6.07 Å². The molecule has 1 aromatic carbocycles. The minimum atomic E-state index is -1.03. The van der Waals surface area contributed by atoms with Gasteiger partial charge >= 0.3 is 0 Å². The maximum Gasteiger partial charge on any atom is 0.246 e. The Bertz CT molecular complexity index is 1330. The number of amides is 3. The smallest absolute Gasteiger partial charge is 0.246 e. The van der Waals surface area contributed by atoms with Crippen molar-refractivity contribution in [2.75, 3.05) is 19.8 Å². The van der Waals surface area contributed by atoms with E-state index in [0.717, 1.165) is 10.8 Å². The second-order valence-corrected chi connectivity index (χ2v) is 12.6. The van der Waals surface area contributed by atoms with Crippen LogP contribution in [0.5, 0.6) is 0 Å². The zero-order valence-electron chi connectivity index (χ0n) is 23.1. The van der Waals surface area contributed by atoms with E-state index in [1.54, 1.807) is 11.1 Å². The lowest BCUT2D eigenvalue weighted by atomic mass is 9.84. The van der Waals surface area contributed by atoms with Gasteiger partial charge in [0.15, 0.2) is 6.04 Å². The molecular formula is C29H36N6O4. The van der Waals surface area contributed by atoms with Crippen molar-refractivity contribution in [2.45, 2.75) is 59.2 Å². The molecule has 2 N–H and O–H groups in total. The fourth-order valence-corrected chi connectivity index (χ4v) is 6.28. The molecule has 1 saturated carbocycles. The molecule has 3 amide bonds. The lowest BCUT2D eigenvalue weighted by Gasteiger charge is -2.38. The van der Waals surface area contributed by atoms with Crippen LogP contribution in [-0.2, 0) is 19.1 Å². The summed E-state index contributed by atoms with van der Waals surface area (Å²) in [5, 5.41) is 25.6. The molecule has 10 heteroatoms. The van der Waals surface area contributed by atoms with Crippen LogP contribution in [0.2, 0.25) is 0 Å². The summed E-state index contributed by atoms with van der Waals surface area (Å²) in [4.78, 5) is 42.5. The summed E-state index contributed by atoms with van der Waals surface area (Å²) in [5.41, 5.74) is -0.324. The van der Waals surface area contributed by atoms with Crippen molar-refractivity contribution in [3.05, 3.63) is 36.2 Å². The van der Waals surface area contributed by atoms with Gasteiger partial charge in [-0.3, -0.25) is 14.4 Å². The molecule has 3 heterocycles. The number of fused-ring (bicyclic) bond motifs is 2. The average Bonchev–Trinajstić information content (AvgIpc) is 3.36. The number of hydrogen-bond donors (Lipinski definition) is 2. The summed E-state index contributed by atoms with van der Waals surface area (Å²) in [6.45, 7) is 11.2. The molecule has 3 aliphatic rings. The first-order valence-corrected chi connectivity index (χ1v) is 13.5. The maximum absolute atomic E-state index is 14.0. The minimum Gasteiger partial charge on any atom is -0.381 e. The fraction of sp³-hybridized carbons (Fsp3) is 0.586. The summed E-state index contributed by atoms with van der Waals surface area (Å²) < 4.78 is 5.36. The third-order valence-electron chi connectivity index (χ3n) is 8.75. The number of nitrogens with zero attached hydrogens (tertiary/aromatic N) is 4. The summed E-state index contributed by atoms with van der Waals surface area (Å²) >= 11 is 0. The monoisotopic (exact) mass is 532 g/mol. The summed E-state index contributed by atoms with van der Waals surface area (Å²) in [7, 11) is 0. The van der Waals surface area contributed by atoms with Crippen molar-refractivity contribution in [1.82, 2.24) is 25.7 Å². The Labute approximate surface area is 228 Å². The van der Waals surface area contributed by atoms with Crippen LogP contribution in [0, 0.1) is 39.9 Å². The van der Waals surface area contributed by atoms with Gasteiger partial charge in [-0.1, -0.05) is 58.9 Å². The molecule has 2 aromatic rings. The van der Waals surface area contributed by atoms with E-state index in [1.165, 1.54) is 0 Å². The highest BCUT2D eigenvalue weighted by atomic mass is 16.5. The molecule has 1 aromatic heterocycles. The van der Waals surface area contributed by atoms with Gasteiger partial charge in [0.2, 0.25) is 17.7 Å². The van der Waals surface area contributed by atoms with Crippen molar-refractivity contribution < 1.29 is 19.1 Å². The van der Waals surface area contributed by atoms with E-state index >= 15 is 0 Å². The first-order chi connectivity index (χ1) is 18.4. The number of piperidine rings is 1. The number of aromatic nitrogens is 2. The Balaban J connectivity index is 1.40. The van der Waals surface area contributed by atoms with Gasteiger partial charge in [0.25, 0.3) is 0 Å². The van der Waals surface area contributed by atoms with Crippen LogP contribution in [0.4, 0.5) is 0 Å². The van der Waals surface area contributed by atoms with Crippen LogP contribution in [0.15, 0.2) is 30.5 Å². The molecule has 5 rings (SSSR count). The summed E-state index contributed by atoms with van der Waals surface area (Å²) in [6.07, 6.45) is 2.24. The normalized spacial score (nSPS) is 26.8. The van der Waals surface area contributed by atoms with Gasteiger partial charge in [0.05, 0.1) is 24.8 Å². The second kappa shape index (κ2) is 9.87. The molecule has 3 fully saturated rings. The third kappa shape index (κ3) is 4.84. The number of nitriles is 1. The first-order valence-electron chi connectivity index (χ1n) is 13.5. The molecule has 10 nitrogen and oxygen atoms in total. The quantitative estimate of drug-likeness (QED) is 0.583. The number of nitrogens with one attached hydrogen (secondary N) is 2. The zero-order valence-corrected chi connectivity index (χ0v) is 23.1. The second-order valence-electron chi connectivity index (χ2n) is 12.6. The van der Waals surface area contributed by atoms with Gasteiger partial charge in [-0.05, 0) is 29.1 Å². The molecule has 39 heavy (non-hydrogen) atoms. The number of rotatable bonds is 6.